The summed E-state index contributed by atoms with van der Waals surface area (Å²) in [5.74, 6) is -0.333. The van der Waals surface area contributed by atoms with Crippen molar-refractivity contribution in [1.29, 1.82) is 5.41 Å². The van der Waals surface area contributed by atoms with Crippen molar-refractivity contribution in [1.82, 2.24) is 0 Å². The third kappa shape index (κ3) is 5760. The fraction of sp³-hybridized carbons (Fsp3) is 0. The fourth-order valence-corrected chi connectivity index (χ4v) is 0. The van der Waals surface area contributed by atoms with Crippen molar-refractivity contribution in [3.8, 4) is 0 Å². The van der Waals surface area contributed by atoms with E-state index in [-0.39, 0.29) is 23.3 Å². The predicted molar refractivity (Wildman–Crippen MR) is 16.8 cm³/mol. The van der Waals surface area contributed by atoms with Crippen LogP contribution in [-0.4, -0.2) is 5.96 Å². The normalized spacial score (nSPS) is 4.00. The molecule has 0 fully saturated rings. The van der Waals surface area contributed by atoms with Gasteiger partial charge in [-0.25, -0.2) is 0 Å². The third-order valence-corrected chi connectivity index (χ3v) is 0. The Kier molecular flexibility index (Phi) is 36.9. The Morgan fingerprint density at radius 3 is 1.43 bits per heavy atom. The summed E-state index contributed by atoms with van der Waals surface area (Å²) in [5.41, 5.74) is 8.94. The molecule has 4 nitrogen and oxygen atoms in total. The molecule has 0 aromatic carbocycles. The summed E-state index contributed by atoms with van der Waals surface area (Å²) in [6.45, 7) is 0. The molecule has 0 unspecified atom stereocenters. The Morgan fingerprint density at radius 2 is 1.43 bits per heavy atom. The number of hydrogen-bond acceptors (Lipinski definition) is 2. The van der Waals surface area contributed by atoms with Gasteiger partial charge in [0.2, 0.25) is 0 Å². The molecule has 0 spiro atoms. The predicted octanol–water partition coefficient (Wildman–Crippen LogP) is -1.29. The van der Waals surface area contributed by atoms with Gasteiger partial charge in [-0.15, -0.1) is 0 Å². The van der Waals surface area contributed by atoms with E-state index < -0.39 is 0 Å². The Balaban J connectivity index is -0.0000000480. The van der Waals surface area contributed by atoms with Crippen molar-refractivity contribution in [2.45, 2.75) is 0 Å². The van der Waals surface area contributed by atoms with Crippen molar-refractivity contribution < 1.29 is 37.4 Å². The van der Waals surface area contributed by atoms with Gasteiger partial charge in [-0.2, -0.15) is 0 Å². The van der Waals surface area contributed by atoms with E-state index in [0.29, 0.717) is 0 Å². The van der Waals surface area contributed by atoms with Crippen LogP contribution in [0.2, 0.25) is 0 Å². The van der Waals surface area contributed by atoms with Gasteiger partial charge in [0, 0.05) is 17.4 Å². The summed E-state index contributed by atoms with van der Waals surface area (Å²) in [6, 6.07) is 0. The van der Waals surface area contributed by atoms with Crippen molar-refractivity contribution in [3.05, 3.63) is 0 Å². The quantitative estimate of drug-likeness (QED) is 0.319. The minimum atomic E-state index is -0.333. The molecule has 0 aliphatic carbocycles. The maximum atomic E-state index is 8.12. The Hall–Kier alpha value is 0.135. The monoisotopic (exact) mass is 179 g/mol. The first-order valence-electron chi connectivity index (χ1n) is 0.994. The van der Waals surface area contributed by atoms with Crippen LogP contribution in [0.1, 0.15) is 0 Å². The van der Waals surface area contributed by atoms with Crippen LogP contribution in [0.25, 0.3) is 0 Å². The van der Waals surface area contributed by atoms with Crippen LogP contribution in [-0.2, 0) is 37.4 Å². The van der Waals surface area contributed by atoms with Gasteiger partial charge in [0.05, 0.1) is 0 Å². The van der Waals surface area contributed by atoms with Gasteiger partial charge < -0.3 is 11.5 Å². The molecule has 0 aromatic rings. The van der Waals surface area contributed by atoms with Crippen molar-refractivity contribution in [2.24, 2.45) is 11.5 Å². The van der Waals surface area contributed by atoms with Crippen LogP contribution in [0.4, 0.5) is 0 Å². The van der Waals surface area contributed by atoms with Crippen molar-refractivity contribution in [2.75, 3.05) is 0 Å². The van der Waals surface area contributed by atoms with E-state index in [1.54, 1.807) is 0 Å². The number of hydrogen-bond donors (Lipinski definition) is 3. The second-order valence-electron chi connectivity index (χ2n) is 0.455. The standard InChI is InChI=1S/CH5N3.2Cr.O/c2-1(3)4;;;/h(H5,2,3,4);;;. The van der Waals surface area contributed by atoms with Gasteiger partial charge in [-0.05, 0) is 0 Å². The maximum absolute atomic E-state index is 8.12. The molecule has 0 bridgehead atoms. The molecule has 6 heteroatoms. The summed E-state index contributed by atoms with van der Waals surface area (Å²) in [5, 5.41) is 6.06. The molecule has 5 N–H and O–H groups in total. The molecule has 0 atom stereocenters. The van der Waals surface area contributed by atoms with Gasteiger partial charge in [0.1, 0.15) is 0 Å². The van der Waals surface area contributed by atoms with E-state index in [2.05, 4.69) is 11.5 Å². The summed E-state index contributed by atoms with van der Waals surface area (Å²) in [4.78, 5) is 0. The molecule has 0 aliphatic heterocycles. The molecule has 0 radical (unpaired) electrons. The molecule has 0 amide bonds. The van der Waals surface area contributed by atoms with Gasteiger partial charge in [-0.1, -0.05) is 0 Å². The van der Waals surface area contributed by atoms with Crippen LogP contribution in [0.5, 0.6) is 0 Å². The number of rotatable bonds is 0. The van der Waals surface area contributed by atoms with E-state index in [9.17, 15) is 0 Å². The first-order valence-corrected chi connectivity index (χ1v) is 1.51. The first-order chi connectivity index (χ1) is 2.73. The molecule has 0 aromatic heterocycles. The molecule has 0 heterocycles. The second-order valence-corrected chi connectivity index (χ2v) is 0.455. The van der Waals surface area contributed by atoms with Crippen LogP contribution in [0, 0.1) is 5.41 Å². The number of nitrogens with two attached hydrogens (primary N) is 2. The van der Waals surface area contributed by atoms with Crippen LogP contribution in [0.3, 0.4) is 0 Å². The SMILES string of the molecule is N=C(N)N.[Cr].[O]=[Cr]. The topological polar surface area (TPSA) is 93.0 Å². The van der Waals surface area contributed by atoms with Gasteiger partial charge in [-0.3, -0.25) is 5.41 Å². The van der Waals surface area contributed by atoms with Gasteiger partial charge >= 0.3 is 20.0 Å². The zero-order valence-electron chi connectivity index (χ0n) is 3.38. The Bertz CT molecular complexity index is 44.2. The Labute approximate surface area is 60.5 Å². The van der Waals surface area contributed by atoms with Crippen LogP contribution >= 0.6 is 0 Å². The van der Waals surface area contributed by atoms with Crippen molar-refractivity contribution >= 4 is 5.96 Å². The Morgan fingerprint density at radius 1 is 1.43 bits per heavy atom. The zero-order valence-corrected chi connectivity index (χ0v) is 5.93. The molecular weight excluding hydrogens is 174 g/mol. The summed E-state index contributed by atoms with van der Waals surface area (Å²) >= 11 is 1.38. The average molecular weight is 179 g/mol. The molecule has 0 saturated heterocycles. The van der Waals surface area contributed by atoms with Gasteiger partial charge in [0.15, 0.2) is 5.96 Å². The van der Waals surface area contributed by atoms with E-state index in [4.69, 9.17) is 9.21 Å². The molecule has 0 aliphatic rings. The molecule has 42 valence electrons. The minimum absolute atomic E-state index is 0. The summed E-state index contributed by atoms with van der Waals surface area (Å²) < 4.78 is 8.12. The first kappa shape index (κ1) is 15.7. The second kappa shape index (κ2) is 16.5. The van der Waals surface area contributed by atoms with Gasteiger partial charge in [0.25, 0.3) is 0 Å². The van der Waals surface area contributed by atoms with Crippen LogP contribution < -0.4 is 11.5 Å². The zero-order chi connectivity index (χ0) is 5.58. The summed E-state index contributed by atoms with van der Waals surface area (Å²) in [6.07, 6.45) is 0. The van der Waals surface area contributed by atoms with E-state index in [0.717, 1.165) is 0 Å². The average Bonchev–Trinajstić information content (AvgIpc) is 1.41. The molecular formula is CH5Cr2N3O. The molecule has 0 rings (SSSR count). The number of nitrogens with one attached hydrogen (secondary N) is 1. The van der Waals surface area contributed by atoms with E-state index >= 15 is 0 Å². The van der Waals surface area contributed by atoms with Crippen molar-refractivity contribution in [3.63, 3.8) is 0 Å². The molecule has 0 saturated carbocycles. The fourth-order valence-electron chi connectivity index (χ4n) is 0. The van der Waals surface area contributed by atoms with E-state index in [1.165, 1.54) is 16.2 Å². The summed E-state index contributed by atoms with van der Waals surface area (Å²) in [7, 11) is 0. The number of guanidine groups is 1. The third-order valence-electron chi connectivity index (χ3n) is 0. The molecule has 7 heavy (non-hydrogen) atoms. The van der Waals surface area contributed by atoms with Crippen LogP contribution in [0.15, 0.2) is 0 Å². The van der Waals surface area contributed by atoms with E-state index in [1.807, 2.05) is 0 Å².